The van der Waals surface area contributed by atoms with Crippen LogP contribution in [0.25, 0.3) is 0 Å². The number of ether oxygens (including phenoxy) is 1. The maximum Gasteiger partial charge on any atom is 0.410 e. The van der Waals surface area contributed by atoms with E-state index in [1.807, 2.05) is 27.7 Å². The minimum atomic E-state index is -0.467. The fourth-order valence-corrected chi connectivity index (χ4v) is 1.54. The van der Waals surface area contributed by atoms with Gasteiger partial charge in [-0.25, -0.2) is 4.79 Å². The van der Waals surface area contributed by atoms with Gasteiger partial charge in [0.15, 0.2) is 0 Å². The molecular formula is C11H21NO3. The number of amides is 1. The monoisotopic (exact) mass is 215 g/mol. The maximum absolute atomic E-state index is 11.7. The Balaban J connectivity index is 2.48. The van der Waals surface area contributed by atoms with Crippen molar-refractivity contribution in [3.8, 4) is 0 Å². The lowest BCUT2D eigenvalue weighted by Crippen LogP contribution is -2.47. The zero-order chi connectivity index (χ0) is 11.6. The van der Waals surface area contributed by atoms with Crippen molar-refractivity contribution in [1.29, 1.82) is 0 Å². The SMILES string of the molecule is C[C@H]1CCN(C(=O)OC(C)(C)C)C[C@H]1O. The van der Waals surface area contributed by atoms with Gasteiger partial charge in [0.25, 0.3) is 0 Å². The van der Waals surface area contributed by atoms with Gasteiger partial charge in [0.2, 0.25) is 0 Å². The summed E-state index contributed by atoms with van der Waals surface area (Å²) in [5.41, 5.74) is -0.467. The molecule has 0 radical (unpaired) electrons. The molecule has 0 spiro atoms. The molecule has 0 bridgehead atoms. The average Bonchev–Trinajstić information content (AvgIpc) is 2.06. The molecule has 88 valence electrons. The lowest BCUT2D eigenvalue weighted by molar-refractivity contribution is -0.00946. The molecule has 1 amide bonds. The molecule has 2 atom stereocenters. The highest BCUT2D eigenvalue weighted by Gasteiger charge is 2.29. The van der Waals surface area contributed by atoms with Crippen molar-refractivity contribution >= 4 is 6.09 Å². The Labute approximate surface area is 91.2 Å². The van der Waals surface area contributed by atoms with Crippen LogP contribution in [-0.4, -0.2) is 40.9 Å². The fourth-order valence-electron chi connectivity index (χ4n) is 1.54. The summed E-state index contributed by atoms with van der Waals surface area (Å²) in [6.07, 6.45) is 0.0835. The summed E-state index contributed by atoms with van der Waals surface area (Å²) < 4.78 is 5.24. The van der Waals surface area contributed by atoms with Crippen LogP contribution in [0.4, 0.5) is 4.79 Å². The number of rotatable bonds is 0. The summed E-state index contributed by atoms with van der Waals surface area (Å²) in [6, 6.07) is 0. The van der Waals surface area contributed by atoms with Crippen molar-refractivity contribution in [2.75, 3.05) is 13.1 Å². The summed E-state index contributed by atoms with van der Waals surface area (Å²) in [7, 11) is 0. The van der Waals surface area contributed by atoms with E-state index >= 15 is 0 Å². The number of β-amino-alcohol motifs (C(OH)–C–C–N with tert-alkyl or cyclic N) is 1. The van der Waals surface area contributed by atoms with E-state index in [0.717, 1.165) is 6.42 Å². The molecule has 1 fully saturated rings. The average molecular weight is 215 g/mol. The molecule has 4 heteroatoms. The summed E-state index contributed by atoms with van der Waals surface area (Å²) in [5.74, 6) is 0.267. The number of hydrogen-bond acceptors (Lipinski definition) is 3. The molecule has 1 heterocycles. The topological polar surface area (TPSA) is 49.8 Å². The normalized spacial score (nSPS) is 27.7. The van der Waals surface area contributed by atoms with E-state index in [4.69, 9.17) is 4.74 Å². The summed E-state index contributed by atoms with van der Waals surface area (Å²) in [4.78, 5) is 13.2. The maximum atomic E-state index is 11.7. The molecule has 1 rings (SSSR count). The highest BCUT2D eigenvalue weighted by atomic mass is 16.6. The van der Waals surface area contributed by atoms with E-state index < -0.39 is 11.7 Å². The molecule has 0 aliphatic carbocycles. The number of hydrogen-bond donors (Lipinski definition) is 1. The van der Waals surface area contributed by atoms with Crippen LogP contribution in [0, 0.1) is 5.92 Å². The number of likely N-dealkylation sites (tertiary alicyclic amines) is 1. The van der Waals surface area contributed by atoms with Gasteiger partial charge in [0, 0.05) is 6.54 Å². The Morgan fingerprint density at radius 2 is 2.07 bits per heavy atom. The van der Waals surface area contributed by atoms with Crippen LogP contribution in [0.1, 0.15) is 34.1 Å². The van der Waals surface area contributed by atoms with E-state index in [9.17, 15) is 9.90 Å². The highest BCUT2D eigenvalue weighted by molar-refractivity contribution is 5.68. The zero-order valence-electron chi connectivity index (χ0n) is 9.99. The Morgan fingerprint density at radius 1 is 1.47 bits per heavy atom. The first-order valence-corrected chi connectivity index (χ1v) is 5.45. The second-order valence-electron chi connectivity index (χ2n) is 5.26. The first kappa shape index (κ1) is 12.3. The van der Waals surface area contributed by atoms with Gasteiger partial charge in [0.05, 0.1) is 12.6 Å². The lowest BCUT2D eigenvalue weighted by Gasteiger charge is -2.35. The molecule has 0 aromatic heterocycles. The van der Waals surface area contributed by atoms with Crippen molar-refractivity contribution < 1.29 is 14.6 Å². The molecule has 0 aromatic rings. The molecule has 0 aromatic carbocycles. The summed E-state index contributed by atoms with van der Waals surface area (Å²) in [6.45, 7) is 8.58. The zero-order valence-corrected chi connectivity index (χ0v) is 9.99. The van der Waals surface area contributed by atoms with Crippen molar-refractivity contribution in [3.05, 3.63) is 0 Å². The van der Waals surface area contributed by atoms with Gasteiger partial charge in [-0.3, -0.25) is 0 Å². The molecule has 1 saturated heterocycles. The van der Waals surface area contributed by atoms with Gasteiger partial charge in [0.1, 0.15) is 5.60 Å². The Bertz CT molecular complexity index is 234. The van der Waals surface area contributed by atoms with Gasteiger partial charge in [-0.05, 0) is 33.1 Å². The van der Waals surface area contributed by atoms with Gasteiger partial charge >= 0.3 is 6.09 Å². The van der Waals surface area contributed by atoms with Crippen LogP contribution in [0.2, 0.25) is 0 Å². The van der Waals surface area contributed by atoms with Crippen molar-refractivity contribution in [2.45, 2.75) is 45.8 Å². The van der Waals surface area contributed by atoms with Crippen LogP contribution in [0.15, 0.2) is 0 Å². The third-order valence-corrected chi connectivity index (χ3v) is 2.57. The van der Waals surface area contributed by atoms with Crippen molar-refractivity contribution in [1.82, 2.24) is 4.90 Å². The highest BCUT2D eigenvalue weighted by Crippen LogP contribution is 2.19. The molecule has 4 nitrogen and oxygen atoms in total. The van der Waals surface area contributed by atoms with E-state index in [0.29, 0.717) is 13.1 Å². The third-order valence-electron chi connectivity index (χ3n) is 2.57. The molecule has 1 N–H and O–H groups in total. The Kier molecular flexibility index (Phi) is 3.60. The van der Waals surface area contributed by atoms with Crippen LogP contribution in [0.3, 0.4) is 0 Å². The second kappa shape index (κ2) is 4.39. The van der Waals surface area contributed by atoms with E-state index in [-0.39, 0.29) is 12.0 Å². The second-order valence-corrected chi connectivity index (χ2v) is 5.26. The van der Waals surface area contributed by atoms with Crippen LogP contribution in [-0.2, 0) is 4.74 Å². The van der Waals surface area contributed by atoms with Crippen LogP contribution in [0.5, 0.6) is 0 Å². The first-order valence-electron chi connectivity index (χ1n) is 5.45. The van der Waals surface area contributed by atoms with Gasteiger partial charge < -0.3 is 14.7 Å². The minimum absolute atomic E-state index is 0.267. The Hall–Kier alpha value is -0.770. The fraction of sp³-hybridized carbons (Fsp3) is 0.909. The lowest BCUT2D eigenvalue weighted by atomic mass is 9.96. The Morgan fingerprint density at radius 3 is 2.53 bits per heavy atom. The van der Waals surface area contributed by atoms with Gasteiger partial charge in [-0.2, -0.15) is 0 Å². The van der Waals surface area contributed by atoms with E-state index in [1.165, 1.54) is 0 Å². The smallest absolute Gasteiger partial charge is 0.410 e. The predicted molar refractivity (Wildman–Crippen MR) is 57.6 cm³/mol. The summed E-state index contributed by atoms with van der Waals surface area (Å²) >= 11 is 0. The quantitative estimate of drug-likeness (QED) is 0.668. The molecule has 15 heavy (non-hydrogen) atoms. The molecule has 1 aliphatic heterocycles. The number of nitrogens with zero attached hydrogens (tertiary/aromatic N) is 1. The number of aliphatic hydroxyl groups is 1. The van der Waals surface area contributed by atoms with Crippen molar-refractivity contribution in [2.24, 2.45) is 5.92 Å². The third kappa shape index (κ3) is 3.70. The number of aliphatic hydroxyl groups excluding tert-OH is 1. The summed E-state index contributed by atoms with van der Waals surface area (Å²) in [5, 5.41) is 9.65. The number of carbonyl (C=O) groups excluding carboxylic acids is 1. The predicted octanol–water partition coefficient (Wildman–Crippen LogP) is 1.62. The molecule has 0 saturated carbocycles. The first-order chi connectivity index (χ1) is 6.79. The van der Waals surface area contributed by atoms with E-state index in [2.05, 4.69) is 0 Å². The number of piperidine rings is 1. The van der Waals surface area contributed by atoms with Gasteiger partial charge in [-0.15, -0.1) is 0 Å². The number of carbonyl (C=O) groups is 1. The molecule has 0 unspecified atom stereocenters. The molecule has 1 aliphatic rings. The van der Waals surface area contributed by atoms with E-state index in [1.54, 1.807) is 4.90 Å². The van der Waals surface area contributed by atoms with Crippen LogP contribution >= 0.6 is 0 Å². The largest absolute Gasteiger partial charge is 0.444 e. The van der Waals surface area contributed by atoms with Crippen molar-refractivity contribution in [3.63, 3.8) is 0 Å². The molecular weight excluding hydrogens is 194 g/mol. The van der Waals surface area contributed by atoms with Gasteiger partial charge in [-0.1, -0.05) is 6.92 Å². The standard InChI is InChI=1S/C11H21NO3/c1-8-5-6-12(7-9(8)13)10(14)15-11(2,3)4/h8-9,13H,5-7H2,1-4H3/t8-,9+/m0/s1. The van der Waals surface area contributed by atoms with Crippen LogP contribution < -0.4 is 0 Å². The minimum Gasteiger partial charge on any atom is -0.444 e.